The summed E-state index contributed by atoms with van der Waals surface area (Å²) in [7, 11) is 0. The highest BCUT2D eigenvalue weighted by molar-refractivity contribution is 6.04. The number of benzene rings is 3. The zero-order chi connectivity index (χ0) is 20.8. The van der Waals surface area contributed by atoms with Crippen LogP contribution in [0, 0.1) is 6.92 Å². The molecule has 6 heteroatoms. The fourth-order valence-electron chi connectivity index (χ4n) is 2.82. The zero-order valence-corrected chi connectivity index (χ0v) is 16.3. The summed E-state index contributed by atoms with van der Waals surface area (Å²) < 4.78 is 5.14. The summed E-state index contributed by atoms with van der Waals surface area (Å²) in [5.41, 5.74) is 2.13. The van der Waals surface area contributed by atoms with E-state index in [1.54, 1.807) is 18.2 Å². The van der Waals surface area contributed by atoms with E-state index in [2.05, 4.69) is 10.6 Å². The number of anilines is 1. The Balaban J connectivity index is 1.53. The first-order valence-electron chi connectivity index (χ1n) is 9.27. The Labute approximate surface area is 168 Å². The Morgan fingerprint density at radius 1 is 0.931 bits per heavy atom. The quantitative estimate of drug-likeness (QED) is 0.632. The van der Waals surface area contributed by atoms with E-state index < -0.39 is 18.0 Å². The second-order valence-electron chi connectivity index (χ2n) is 6.70. The van der Waals surface area contributed by atoms with Gasteiger partial charge in [0.1, 0.15) is 6.54 Å². The van der Waals surface area contributed by atoms with Gasteiger partial charge in [-0.05, 0) is 37.4 Å². The summed E-state index contributed by atoms with van der Waals surface area (Å²) in [5.74, 6) is -1.51. The van der Waals surface area contributed by atoms with Gasteiger partial charge in [0.05, 0.1) is 0 Å². The number of carbonyl (C=O) groups is 3. The van der Waals surface area contributed by atoms with E-state index in [4.69, 9.17) is 4.74 Å². The fourth-order valence-corrected chi connectivity index (χ4v) is 2.82. The SMILES string of the molecule is Cc1ccc(C(=O)NCC(=O)OC(C)C(=O)Nc2cccc3ccccc23)cc1. The van der Waals surface area contributed by atoms with Gasteiger partial charge in [-0.3, -0.25) is 14.4 Å². The fraction of sp³-hybridized carbons (Fsp3) is 0.174. The number of nitrogens with one attached hydrogen (secondary N) is 2. The number of esters is 1. The number of amides is 2. The Bertz CT molecular complexity index is 1040. The van der Waals surface area contributed by atoms with E-state index >= 15 is 0 Å². The van der Waals surface area contributed by atoms with E-state index in [9.17, 15) is 14.4 Å². The normalized spacial score (nSPS) is 11.5. The summed E-state index contributed by atoms with van der Waals surface area (Å²) in [6.45, 7) is 3.09. The molecule has 3 aromatic rings. The predicted octanol–water partition coefficient (Wildman–Crippen LogP) is 3.45. The van der Waals surface area contributed by atoms with Crippen molar-refractivity contribution >= 4 is 34.2 Å². The van der Waals surface area contributed by atoms with Crippen LogP contribution in [0.5, 0.6) is 0 Å². The Morgan fingerprint density at radius 2 is 1.62 bits per heavy atom. The summed E-state index contributed by atoms with van der Waals surface area (Å²) in [6, 6.07) is 20.2. The van der Waals surface area contributed by atoms with Gasteiger partial charge in [0, 0.05) is 16.6 Å². The minimum Gasteiger partial charge on any atom is -0.451 e. The maximum atomic E-state index is 12.4. The van der Waals surface area contributed by atoms with Crippen molar-refractivity contribution < 1.29 is 19.1 Å². The van der Waals surface area contributed by atoms with Crippen LogP contribution in [0.1, 0.15) is 22.8 Å². The molecule has 2 amide bonds. The first-order chi connectivity index (χ1) is 13.9. The number of fused-ring (bicyclic) bond motifs is 1. The van der Waals surface area contributed by atoms with E-state index in [1.165, 1.54) is 6.92 Å². The minimum absolute atomic E-state index is 0.321. The number of carbonyl (C=O) groups excluding carboxylic acids is 3. The van der Waals surface area contributed by atoms with Crippen LogP contribution >= 0.6 is 0 Å². The maximum absolute atomic E-state index is 12.4. The number of hydrogen-bond donors (Lipinski definition) is 2. The first-order valence-corrected chi connectivity index (χ1v) is 9.27. The molecule has 0 radical (unpaired) electrons. The third kappa shape index (κ3) is 5.19. The molecule has 0 bridgehead atoms. The van der Waals surface area contributed by atoms with Crippen molar-refractivity contribution in [2.24, 2.45) is 0 Å². The number of rotatable bonds is 6. The molecule has 0 aliphatic rings. The molecule has 0 aromatic heterocycles. The third-order valence-corrected chi connectivity index (χ3v) is 4.43. The molecule has 1 unspecified atom stereocenters. The molecule has 3 rings (SSSR count). The lowest BCUT2D eigenvalue weighted by atomic mass is 10.1. The average molecular weight is 390 g/mol. The summed E-state index contributed by atoms with van der Waals surface area (Å²) in [6.07, 6.45) is -1.00. The largest absolute Gasteiger partial charge is 0.451 e. The molecule has 0 fully saturated rings. The molecule has 6 nitrogen and oxygen atoms in total. The van der Waals surface area contributed by atoms with Crippen LogP contribution in [0.3, 0.4) is 0 Å². The van der Waals surface area contributed by atoms with Gasteiger partial charge in [-0.1, -0.05) is 54.1 Å². The van der Waals surface area contributed by atoms with Crippen molar-refractivity contribution in [3.05, 3.63) is 77.9 Å². The number of aryl methyl sites for hydroxylation is 1. The van der Waals surface area contributed by atoms with Crippen LogP contribution in [0.2, 0.25) is 0 Å². The molecule has 0 saturated heterocycles. The lowest BCUT2D eigenvalue weighted by Crippen LogP contribution is -2.35. The van der Waals surface area contributed by atoms with Crippen LogP contribution < -0.4 is 10.6 Å². The molecule has 0 aliphatic heterocycles. The maximum Gasteiger partial charge on any atom is 0.326 e. The van der Waals surface area contributed by atoms with Crippen molar-refractivity contribution in [1.29, 1.82) is 0 Å². The highest BCUT2D eigenvalue weighted by atomic mass is 16.5. The van der Waals surface area contributed by atoms with Crippen molar-refractivity contribution in [3.63, 3.8) is 0 Å². The highest BCUT2D eigenvalue weighted by Gasteiger charge is 2.19. The van der Waals surface area contributed by atoms with Crippen LogP contribution in [0.4, 0.5) is 5.69 Å². The predicted molar refractivity (Wildman–Crippen MR) is 112 cm³/mol. The monoisotopic (exact) mass is 390 g/mol. The van der Waals surface area contributed by atoms with Gasteiger partial charge >= 0.3 is 5.97 Å². The van der Waals surface area contributed by atoms with Gasteiger partial charge in [0.15, 0.2) is 6.10 Å². The molecular weight excluding hydrogens is 368 g/mol. The Hall–Kier alpha value is -3.67. The molecule has 2 N–H and O–H groups in total. The van der Waals surface area contributed by atoms with Crippen LogP contribution in [0.15, 0.2) is 66.7 Å². The average Bonchev–Trinajstić information content (AvgIpc) is 2.72. The summed E-state index contributed by atoms with van der Waals surface area (Å²) >= 11 is 0. The molecule has 29 heavy (non-hydrogen) atoms. The smallest absolute Gasteiger partial charge is 0.326 e. The third-order valence-electron chi connectivity index (χ3n) is 4.43. The summed E-state index contributed by atoms with van der Waals surface area (Å²) in [5, 5.41) is 7.16. The Kier molecular flexibility index (Phi) is 6.24. The van der Waals surface area contributed by atoms with E-state index in [0.717, 1.165) is 16.3 Å². The van der Waals surface area contributed by atoms with E-state index in [-0.39, 0.29) is 12.5 Å². The molecule has 0 spiro atoms. The number of ether oxygens (including phenoxy) is 1. The molecule has 1 atom stereocenters. The topological polar surface area (TPSA) is 84.5 Å². The molecular formula is C23H22N2O4. The van der Waals surface area contributed by atoms with Gasteiger partial charge in [0.2, 0.25) is 0 Å². The second-order valence-corrected chi connectivity index (χ2v) is 6.70. The number of hydrogen-bond acceptors (Lipinski definition) is 4. The molecule has 148 valence electrons. The lowest BCUT2D eigenvalue weighted by Gasteiger charge is -2.15. The highest BCUT2D eigenvalue weighted by Crippen LogP contribution is 2.23. The van der Waals surface area contributed by atoms with Crippen LogP contribution in [-0.4, -0.2) is 30.4 Å². The Morgan fingerprint density at radius 3 is 2.38 bits per heavy atom. The van der Waals surface area contributed by atoms with Crippen molar-refractivity contribution in [2.75, 3.05) is 11.9 Å². The van der Waals surface area contributed by atoms with Gasteiger partial charge in [0.25, 0.3) is 11.8 Å². The van der Waals surface area contributed by atoms with E-state index in [0.29, 0.717) is 11.3 Å². The van der Waals surface area contributed by atoms with Gasteiger partial charge in [-0.25, -0.2) is 0 Å². The van der Waals surface area contributed by atoms with E-state index in [1.807, 2.05) is 55.5 Å². The standard InChI is InChI=1S/C23H22N2O4/c1-15-10-12-18(13-11-15)23(28)24-14-21(26)29-16(2)22(27)25-20-9-5-7-17-6-3-4-8-19(17)20/h3-13,16H,14H2,1-2H3,(H,24,28)(H,25,27). The molecule has 0 saturated carbocycles. The van der Waals surface area contributed by atoms with Gasteiger partial charge in [-0.2, -0.15) is 0 Å². The van der Waals surface area contributed by atoms with Crippen LogP contribution in [-0.2, 0) is 14.3 Å². The first kappa shape index (κ1) is 20.1. The molecule has 0 aliphatic carbocycles. The van der Waals surface area contributed by atoms with Crippen LogP contribution in [0.25, 0.3) is 10.8 Å². The second kappa shape index (κ2) is 9.01. The molecule has 3 aromatic carbocycles. The van der Waals surface area contributed by atoms with Gasteiger partial charge in [-0.15, -0.1) is 0 Å². The zero-order valence-electron chi connectivity index (χ0n) is 16.3. The summed E-state index contributed by atoms with van der Waals surface area (Å²) in [4.78, 5) is 36.5. The van der Waals surface area contributed by atoms with Crippen molar-refractivity contribution in [1.82, 2.24) is 5.32 Å². The van der Waals surface area contributed by atoms with Crippen molar-refractivity contribution in [2.45, 2.75) is 20.0 Å². The minimum atomic E-state index is -1.00. The van der Waals surface area contributed by atoms with Crippen molar-refractivity contribution in [3.8, 4) is 0 Å². The van der Waals surface area contributed by atoms with Gasteiger partial charge < -0.3 is 15.4 Å². The molecule has 0 heterocycles. The lowest BCUT2D eigenvalue weighted by molar-refractivity contribution is -0.152.